The summed E-state index contributed by atoms with van der Waals surface area (Å²) in [6.45, 7) is 1.50. The maximum absolute atomic E-state index is 12.8. The Balaban J connectivity index is 1.78. The number of halogens is 3. The van der Waals surface area contributed by atoms with Crippen LogP contribution < -0.4 is 21.1 Å². The molecule has 1 heterocycles. The summed E-state index contributed by atoms with van der Waals surface area (Å²) < 4.78 is 41.5. The third-order valence-corrected chi connectivity index (χ3v) is 5.09. The molecule has 1 aromatic heterocycles. The number of hydrogen-bond donors (Lipinski definition) is 3. The number of amides is 2. The first-order chi connectivity index (χ1) is 14.6. The number of alkyl halides is 3. The van der Waals surface area contributed by atoms with Crippen LogP contribution in [-0.2, 0) is 16.0 Å². The van der Waals surface area contributed by atoms with Gasteiger partial charge in [0, 0.05) is 12.5 Å². The Bertz CT molecular complexity index is 1070. The molecule has 7 nitrogen and oxygen atoms in total. The molecule has 0 unspecified atom stereocenters. The monoisotopic (exact) mass is 452 g/mol. The Labute approximate surface area is 179 Å². The lowest BCUT2D eigenvalue weighted by Crippen LogP contribution is -2.50. The molecule has 2 atom stereocenters. The van der Waals surface area contributed by atoms with E-state index in [-0.39, 0.29) is 17.3 Å². The molecular formula is C20H19F3N4O3S. The fourth-order valence-electron chi connectivity index (χ4n) is 2.71. The molecule has 0 aliphatic carbocycles. The SMILES string of the molecule is C[C@H](N)C(=O)N[C@@H](Cc1ccccc1)C(=O)Nc1nc2ccc(OC(F)(F)F)cc2s1. The van der Waals surface area contributed by atoms with Crippen molar-refractivity contribution in [1.29, 1.82) is 0 Å². The largest absolute Gasteiger partial charge is 0.573 e. The number of nitrogens with one attached hydrogen (secondary N) is 2. The van der Waals surface area contributed by atoms with Crippen molar-refractivity contribution in [3.63, 3.8) is 0 Å². The quantitative estimate of drug-likeness (QED) is 0.511. The van der Waals surface area contributed by atoms with Crippen molar-refractivity contribution in [3.8, 4) is 5.75 Å². The molecule has 0 saturated carbocycles. The van der Waals surface area contributed by atoms with Gasteiger partial charge in [-0.2, -0.15) is 0 Å². The smallest absolute Gasteiger partial charge is 0.406 e. The Morgan fingerprint density at radius 1 is 1.16 bits per heavy atom. The molecule has 0 saturated heterocycles. The molecule has 0 fully saturated rings. The number of anilines is 1. The van der Waals surface area contributed by atoms with Crippen molar-refractivity contribution in [2.45, 2.75) is 31.8 Å². The van der Waals surface area contributed by atoms with E-state index in [1.165, 1.54) is 19.1 Å². The third kappa shape index (κ3) is 6.40. The summed E-state index contributed by atoms with van der Waals surface area (Å²) in [5.41, 5.74) is 6.82. The minimum Gasteiger partial charge on any atom is -0.406 e. The van der Waals surface area contributed by atoms with E-state index < -0.39 is 30.3 Å². The summed E-state index contributed by atoms with van der Waals surface area (Å²) in [7, 11) is 0. The lowest BCUT2D eigenvalue weighted by Gasteiger charge is -2.19. The first-order valence-electron chi connectivity index (χ1n) is 9.18. The maximum atomic E-state index is 12.8. The highest BCUT2D eigenvalue weighted by atomic mass is 32.1. The molecule has 4 N–H and O–H groups in total. The van der Waals surface area contributed by atoms with Gasteiger partial charge in [0.05, 0.1) is 16.3 Å². The number of ether oxygens (including phenoxy) is 1. The number of nitrogens with zero attached hydrogens (tertiary/aromatic N) is 1. The standard InChI is InChI=1S/C20H19F3N4O3S/c1-11(24)17(28)25-15(9-12-5-3-2-4-6-12)18(29)27-19-26-14-8-7-13(10-16(14)31-19)30-20(21,22)23/h2-8,10-11,15H,9,24H2,1H3,(H,25,28)(H,26,27,29)/t11-,15-/m0/s1. The van der Waals surface area contributed by atoms with Gasteiger partial charge < -0.3 is 21.1 Å². The van der Waals surface area contributed by atoms with Gasteiger partial charge >= 0.3 is 6.36 Å². The maximum Gasteiger partial charge on any atom is 0.573 e. The van der Waals surface area contributed by atoms with Crippen LogP contribution in [0.25, 0.3) is 10.2 Å². The fourth-order valence-corrected chi connectivity index (χ4v) is 3.61. The van der Waals surface area contributed by atoms with Crippen LogP contribution in [0, 0.1) is 0 Å². The van der Waals surface area contributed by atoms with Gasteiger partial charge in [-0.05, 0) is 24.6 Å². The fraction of sp³-hybridized carbons (Fsp3) is 0.250. The summed E-state index contributed by atoms with van der Waals surface area (Å²) in [5, 5.41) is 5.40. The number of nitrogens with two attached hydrogens (primary N) is 1. The first kappa shape index (κ1) is 22.5. The molecule has 11 heteroatoms. The first-order valence-corrected chi connectivity index (χ1v) is 9.99. The molecule has 2 aromatic carbocycles. The van der Waals surface area contributed by atoms with Crippen molar-refractivity contribution in [1.82, 2.24) is 10.3 Å². The Morgan fingerprint density at radius 3 is 2.52 bits per heavy atom. The minimum absolute atomic E-state index is 0.178. The van der Waals surface area contributed by atoms with E-state index >= 15 is 0 Å². The van der Waals surface area contributed by atoms with Crippen molar-refractivity contribution >= 4 is 38.5 Å². The number of rotatable bonds is 7. The highest BCUT2D eigenvalue weighted by molar-refractivity contribution is 7.22. The van der Waals surface area contributed by atoms with Crippen LogP contribution in [-0.4, -0.2) is 35.2 Å². The van der Waals surface area contributed by atoms with E-state index in [4.69, 9.17) is 5.73 Å². The molecule has 0 aliphatic rings. The predicted octanol–water partition coefficient (Wildman–Crippen LogP) is 3.21. The molecule has 0 bridgehead atoms. The molecule has 0 aliphatic heterocycles. The van der Waals surface area contributed by atoms with Crippen LogP contribution >= 0.6 is 11.3 Å². The number of fused-ring (bicyclic) bond motifs is 1. The van der Waals surface area contributed by atoms with Crippen molar-refractivity contribution in [3.05, 3.63) is 54.1 Å². The van der Waals surface area contributed by atoms with Crippen LogP contribution in [0.15, 0.2) is 48.5 Å². The van der Waals surface area contributed by atoms with Crippen LogP contribution in [0.2, 0.25) is 0 Å². The Morgan fingerprint density at radius 2 is 1.87 bits per heavy atom. The zero-order valence-corrected chi connectivity index (χ0v) is 17.1. The zero-order chi connectivity index (χ0) is 22.6. The summed E-state index contributed by atoms with van der Waals surface area (Å²) in [6.07, 6.45) is -4.59. The number of carbonyl (C=O) groups excluding carboxylic acids is 2. The summed E-state index contributed by atoms with van der Waals surface area (Å²) in [4.78, 5) is 29.1. The topological polar surface area (TPSA) is 106 Å². The van der Waals surface area contributed by atoms with Crippen molar-refractivity contribution < 1.29 is 27.5 Å². The zero-order valence-electron chi connectivity index (χ0n) is 16.3. The number of aromatic nitrogens is 1. The van der Waals surface area contributed by atoms with E-state index in [0.717, 1.165) is 23.0 Å². The van der Waals surface area contributed by atoms with E-state index in [9.17, 15) is 22.8 Å². The molecule has 164 valence electrons. The molecule has 3 aromatic rings. The van der Waals surface area contributed by atoms with Crippen LogP contribution in [0.4, 0.5) is 18.3 Å². The van der Waals surface area contributed by atoms with Gasteiger partial charge in [-0.1, -0.05) is 41.7 Å². The third-order valence-electron chi connectivity index (χ3n) is 4.15. The summed E-state index contributed by atoms with van der Waals surface area (Å²) in [6, 6.07) is 11.1. The second-order valence-corrected chi connectivity index (χ2v) is 7.76. The Kier molecular flexibility index (Phi) is 6.76. The highest BCUT2D eigenvalue weighted by Gasteiger charge is 2.31. The van der Waals surface area contributed by atoms with Gasteiger partial charge in [0.15, 0.2) is 5.13 Å². The van der Waals surface area contributed by atoms with Crippen molar-refractivity contribution in [2.75, 3.05) is 5.32 Å². The summed E-state index contributed by atoms with van der Waals surface area (Å²) >= 11 is 0.987. The van der Waals surface area contributed by atoms with Crippen LogP contribution in [0.5, 0.6) is 5.75 Å². The van der Waals surface area contributed by atoms with Gasteiger partial charge in [-0.15, -0.1) is 13.2 Å². The molecular weight excluding hydrogens is 433 g/mol. The average molecular weight is 452 g/mol. The highest BCUT2D eigenvalue weighted by Crippen LogP contribution is 2.31. The molecule has 3 rings (SSSR count). The van der Waals surface area contributed by atoms with Gasteiger partial charge in [0.25, 0.3) is 0 Å². The van der Waals surface area contributed by atoms with Crippen LogP contribution in [0.3, 0.4) is 0 Å². The van der Waals surface area contributed by atoms with E-state index in [1.807, 2.05) is 30.3 Å². The molecule has 2 amide bonds. The van der Waals surface area contributed by atoms with Gasteiger partial charge in [0.2, 0.25) is 11.8 Å². The van der Waals surface area contributed by atoms with E-state index in [0.29, 0.717) is 10.2 Å². The molecule has 31 heavy (non-hydrogen) atoms. The average Bonchev–Trinajstić information content (AvgIpc) is 3.08. The number of hydrogen-bond acceptors (Lipinski definition) is 6. The van der Waals surface area contributed by atoms with Gasteiger partial charge in [-0.3, -0.25) is 9.59 Å². The van der Waals surface area contributed by atoms with E-state index in [2.05, 4.69) is 20.4 Å². The molecule has 0 radical (unpaired) electrons. The van der Waals surface area contributed by atoms with E-state index in [1.54, 1.807) is 0 Å². The number of benzene rings is 2. The second-order valence-electron chi connectivity index (χ2n) is 6.73. The minimum atomic E-state index is -4.81. The second kappa shape index (κ2) is 9.31. The normalized spacial score (nSPS) is 13.5. The van der Waals surface area contributed by atoms with Crippen molar-refractivity contribution in [2.24, 2.45) is 5.73 Å². The summed E-state index contributed by atoms with van der Waals surface area (Å²) in [5.74, 6) is -1.40. The van der Waals surface area contributed by atoms with Gasteiger partial charge in [0.1, 0.15) is 11.8 Å². The molecule has 0 spiro atoms. The number of carbonyl (C=O) groups is 2. The van der Waals surface area contributed by atoms with Gasteiger partial charge in [-0.25, -0.2) is 4.98 Å². The Hall–Kier alpha value is -3.18. The predicted molar refractivity (Wildman–Crippen MR) is 111 cm³/mol. The van der Waals surface area contributed by atoms with Crippen LogP contribution in [0.1, 0.15) is 12.5 Å². The number of thiazole rings is 1. The lowest BCUT2D eigenvalue weighted by molar-refractivity contribution is -0.274. The lowest BCUT2D eigenvalue weighted by atomic mass is 10.0.